The molecule has 0 saturated carbocycles. The van der Waals surface area contributed by atoms with Gasteiger partial charge < -0.3 is 15.8 Å². The third-order valence-corrected chi connectivity index (χ3v) is 2.99. The van der Waals surface area contributed by atoms with Gasteiger partial charge in [0, 0.05) is 17.8 Å². The van der Waals surface area contributed by atoms with Gasteiger partial charge in [-0.05, 0) is 18.1 Å². The molecule has 0 aromatic heterocycles. The normalized spacial score (nSPS) is 10.7. The number of aryl methyl sites for hydroxylation is 1. The number of hydrogen-bond acceptors (Lipinski definition) is 3. The number of nitrogens with one attached hydrogen (secondary N) is 1. The van der Waals surface area contributed by atoms with Gasteiger partial charge in [0.1, 0.15) is 0 Å². The molecule has 0 bridgehead atoms. The van der Waals surface area contributed by atoms with Crippen LogP contribution in [0.3, 0.4) is 0 Å². The van der Waals surface area contributed by atoms with Crippen LogP contribution >= 0.6 is 0 Å². The van der Waals surface area contributed by atoms with Gasteiger partial charge in [0.2, 0.25) is 0 Å². The van der Waals surface area contributed by atoms with Crippen molar-refractivity contribution in [2.24, 2.45) is 0 Å². The van der Waals surface area contributed by atoms with Crippen LogP contribution in [0.1, 0.15) is 12.5 Å². The van der Waals surface area contributed by atoms with Gasteiger partial charge in [-0.3, -0.25) is 0 Å². The topological polar surface area (TPSA) is 47.3 Å². The molecule has 0 atom stereocenters. The van der Waals surface area contributed by atoms with Gasteiger partial charge in [0.15, 0.2) is 11.6 Å². The molecule has 6 heteroatoms. The van der Waals surface area contributed by atoms with Crippen molar-refractivity contribution < 1.29 is 17.9 Å². The third-order valence-electron chi connectivity index (χ3n) is 2.99. The van der Waals surface area contributed by atoms with E-state index in [1.807, 2.05) is 31.2 Å². The number of nitrogens with two attached hydrogens (primary N) is 1. The maximum Gasteiger partial charge on any atom is 0.387 e. The van der Waals surface area contributed by atoms with E-state index in [0.29, 0.717) is 5.69 Å². The number of halogens is 3. The molecule has 0 aliphatic heterocycles. The zero-order valence-corrected chi connectivity index (χ0v) is 11.4. The van der Waals surface area contributed by atoms with E-state index in [-0.39, 0.29) is 5.69 Å². The van der Waals surface area contributed by atoms with Crippen molar-refractivity contribution in [1.82, 2.24) is 0 Å². The lowest BCUT2D eigenvalue weighted by Crippen LogP contribution is -2.06. The molecule has 3 nitrogen and oxygen atoms in total. The minimum Gasteiger partial charge on any atom is -0.432 e. The van der Waals surface area contributed by atoms with Crippen LogP contribution in [-0.4, -0.2) is 6.61 Å². The first-order chi connectivity index (χ1) is 10.0. The fourth-order valence-electron chi connectivity index (χ4n) is 1.96. The van der Waals surface area contributed by atoms with Crippen molar-refractivity contribution >= 4 is 17.1 Å². The Labute approximate surface area is 120 Å². The van der Waals surface area contributed by atoms with E-state index in [1.165, 1.54) is 0 Å². The van der Waals surface area contributed by atoms with Crippen LogP contribution in [0.5, 0.6) is 5.75 Å². The fourth-order valence-corrected chi connectivity index (χ4v) is 1.96. The Kier molecular flexibility index (Phi) is 4.57. The highest BCUT2D eigenvalue weighted by molar-refractivity contribution is 5.75. The van der Waals surface area contributed by atoms with Crippen molar-refractivity contribution in [2.45, 2.75) is 20.0 Å². The summed E-state index contributed by atoms with van der Waals surface area (Å²) in [5, 5.41) is 3.02. The molecule has 0 spiro atoms. The smallest absolute Gasteiger partial charge is 0.387 e. The van der Waals surface area contributed by atoms with E-state index < -0.39 is 18.2 Å². The lowest BCUT2D eigenvalue weighted by molar-refractivity contribution is -0.0521. The number of rotatable bonds is 5. The van der Waals surface area contributed by atoms with Gasteiger partial charge in [0.25, 0.3) is 0 Å². The highest BCUT2D eigenvalue weighted by Crippen LogP contribution is 2.32. The van der Waals surface area contributed by atoms with Crippen LogP contribution in [0.4, 0.5) is 30.2 Å². The van der Waals surface area contributed by atoms with Crippen molar-refractivity contribution in [2.75, 3.05) is 11.1 Å². The fraction of sp³-hybridized carbons (Fsp3) is 0.200. The van der Waals surface area contributed by atoms with Crippen LogP contribution in [0.2, 0.25) is 0 Å². The van der Waals surface area contributed by atoms with Gasteiger partial charge in [-0.15, -0.1) is 0 Å². The molecular formula is C15H15F3N2O. The molecule has 0 amide bonds. The molecule has 3 N–H and O–H groups in total. The molecule has 2 rings (SSSR count). The summed E-state index contributed by atoms with van der Waals surface area (Å²) in [6.45, 7) is -1.11. The molecular weight excluding hydrogens is 281 g/mol. The number of ether oxygens (including phenoxy) is 1. The molecule has 0 aliphatic carbocycles. The Morgan fingerprint density at radius 3 is 2.57 bits per heavy atom. The Morgan fingerprint density at radius 1 is 1.19 bits per heavy atom. The van der Waals surface area contributed by atoms with Crippen LogP contribution in [-0.2, 0) is 6.42 Å². The number of alkyl halides is 2. The summed E-state index contributed by atoms with van der Waals surface area (Å²) in [4.78, 5) is 0. The van der Waals surface area contributed by atoms with Crippen molar-refractivity contribution in [3.8, 4) is 5.75 Å². The standard InChI is InChI=1S/C15H15F3N2O/c1-2-9-5-3-4-6-12(9)20-13-8-14(21-15(17)18)10(16)7-11(13)19/h3-8,15,20H,2,19H2,1H3. The van der Waals surface area contributed by atoms with Gasteiger partial charge in [-0.1, -0.05) is 25.1 Å². The van der Waals surface area contributed by atoms with E-state index >= 15 is 0 Å². The van der Waals surface area contributed by atoms with Crippen molar-refractivity contribution in [3.63, 3.8) is 0 Å². The summed E-state index contributed by atoms with van der Waals surface area (Å²) >= 11 is 0. The predicted molar refractivity (Wildman–Crippen MR) is 76.5 cm³/mol. The monoisotopic (exact) mass is 296 g/mol. The van der Waals surface area contributed by atoms with Crippen molar-refractivity contribution in [3.05, 3.63) is 47.8 Å². The molecule has 0 heterocycles. The third kappa shape index (κ3) is 3.59. The second-order valence-corrected chi connectivity index (χ2v) is 4.38. The molecule has 112 valence electrons. The van der Waals surface area contributed by atoms with Gasteiger partial charge in [0.05, 0.1) is 11.4 Å². The zero-order chi connectivity index (χ0) is 15.4. The number of para-hydroxylation sites is 1. The highest BCUT2D eigenvalue weighted by Gasteiger charge is 2.14. The molecule has 2 aromatic carbocycles. The summed E-state index contributed by atoms with van der Waals surface area (Å²) in [5.74, 6) is -1.47. The average Bonchev–Trinajstić information content (AvgIpc) is 2.44. The summed E-state index contributed by atoms with van der Waals surface area (Å²) in [6.07, 6.45) is 0.782. The summed E-state index contributed by atoms with van der Waals surface area (Å²) < 4.78 is 42.1. The SMILES string of the molecule is CCc1ccccc1Nc1cc(OC(F)F)c(F)cc1N. The first-order valence-corrected chi connectivity index (χ1v) is 6.40. The quantitative estimate of drug-likeness (QED) is 0.808. The van der Waals surface area contributed by atoms with E-state index in [2.05, 4.69) is 10.1 Å². The summed E-state index contributed by atoms with van der Waals surface area (Å²) in [6, 6.07) is 9.56. The van der Waals surface area contributed by atoms with Crippen LogP contribution in [0, 0.1) is 5.82 Å². The molecule has 0 unspecified atom stereocenters. The maximum atomic E-state index is 13.5. The number of benzene rings is 2. The first-order valence-electron chi connectivity index (χ1n) is 6.40. The van der Waals surface area contributed by atoms with Gasteiger partial charge in [-0.25, -0.2) is 4.39 Å². The Hall–Kier alpha value is -2.37. The second-order valence-electron chi connectivity index (χ2n) is 4.38. The average molecular weight is 296 g/mol. The Bertz CT molecular complexity index is 632. The molecule has 0 aliphatic rings. The van der Waals surface area contributed by atoms with E-state index in [9.17, 15) is 13.2 Å². The summed E-state index contributed by atoms with van der Waals surface area (Å²) in [5.41, 5.74) is 7.94. The van der Waals surface area contributed by atoms with E-state index in [4.69, 9.17) is 5.73 Å². The first kappa shape index (κ1) is 15.0. The Balaban J connectivity index is 2.35. The molecule has 2 aromatic rings. The predicted octanol–water partition coefficient (Wildman–Crippen LogP) is 4.32. The van der Waals surface area contributed by atoms with Gasteiger partial charge >= 0.3 is 6.61 Å². The van der Waals surface area contributed by atoms with Crippen LogP contribution in [0.15, 0.2) is 36.4 Å². The van der Waals surface area contributed by atoms with Crippen molar-refractivity contribution in [1.29, 1.82) is 0 Å². The molecule has 0 radical (unpaired) electrons. The van der Waals surface area contributed by atoms with Crippen LogP contribution < -0.4 is 15.8 Å². The lowest BCUT2D eigenvalue weighted by atomic mass is 10.1. The second kappa shape index (κ2) is 6.39. The molecule has 0 saturated heterocycles. The lowest BCUT2D eigenvalue weighted by Gasteiger charge is -2.15. The maximum absolute atomic E-state index is 13.5. The van der Waals surface area contributed by atoms with E-state index in [0.717, 1.165) is 29.8 Å². The molecule has 21 heavy (non-hydrogen) atoms. The van der Waals surface area contributed by atoms with Crippen LogP contribution in [0.25, 0.3) is 0 Å². The Morgan fingerprint density at radius 2 is 1.90 bits per heavy atom. The van der Waals surface area contributed by atoms with Gasteiger partial charge in [-0.2, -0.15) is 8.78 Å². The largest absolute Gasteiger partial charge is 0.432 e. The summed E-state index contributed by atoms with van der Waals surface area (Å²) in [7, 11) is 0. The number of anilines is 3. The van der Waals surface area contributed by atoms with E-state index in [1.54, 1.807) is 0 Å². The minimum atomic E-state index is -3.10. The highest BCUT2D eigenvalue weighted by atomic mass is 19.3. The zero-order valence-electron chi connectivity index (χ0n) is 11.4. The number of hydrogen-bond donors (Lipinski definition) is 2. The minimum absolute atomic E-state index is 0.111. The number of nitrogen functional groups attached to an aromatic ring is 1. The molecule has 0 fully saturated rings.